The highest BCUT2D eigenvalue weighted by atomic mass is 16.3. The highest BCUT2D eigenvalue weighted by Gasteiger charge is 2.41. The minimum absolute atomic E-state index is 0.257. The molecular formula is C27H27N5O. The molecule has 1 unspecified atom stereocenters. The largest absolute Gasteiger partial charge is 0.372 e. The number of hydrogen-bond acceptors (Lipinski definition) is 5. The van der Waals surface area contributed by atoms with Gasteiger partial charge in [0.2, 0.25) is 0 Å². The molecule has 0 saturated heterocycles. The van der Waals surface area contributed by atoms with Crippen molar-refractivity contribution in [3.05, 3.63) is 101 Å². The third kappa shape index (κ3) is 3.66. The van der Waals surface area contributed by atoms with Gasteiger partial charge in [0.05, 0.1) is 16.7 Å². The fourth-order valence-electron chi connectivity index (χ4n) is 4.50. The summed E-state index contributed by atoms with van der Waals surface area (Å²) in [5.41, 5.74) is 5.05. The average molecular weight is 438 g/mol. The Morgan fingerprint density at radius 2 is 1.76 bits per heavy atom. The molecule has 0 bridgehead atoms. The van der Waals surface area contributed by atoms with Crippen LogP contribution in [0.2, 0.25) is 0 Å². The fraction of sp³-hybridized carbons (Fsp3) is 0.259. The van der Waals surface area contributed by atoms with Gasteiger partial charge in [-0.1, -0.05) is 23.8 Å². The number of benzene rings is 1. The van der Waals surface area contributed by atoms with Crippen molar-refractivity contribution < 1.29 is 5.11 Å². The second-order valence-corrected chi connectivity index (χ2v) is 8.97. The van der Waals surface area contributed by atoms with Crippen LogP contribution in [0.15, 0.2) is 72.7 Å². The van der Waals surface area contributed by atoms with Gasteiger partial charge in [-0.2, -0.15) is 0 Å². The molecular weight excluding hydrogens is 410 g/mol. The van der Waals surface area contributed by atoms with E-state index in [4.69, 9.17) is 4.98 Å². The summed E-state index contributed by atoms with van der Waals surface area (Å²) in [4.78, 5) is 21.8. The van der Waals surface area contributed by atoms with Crippen molar-refractivity contribution in [3.8, 4) is 0 Å². The maximum atomic E-state index is 12.4. The second kappa shape index (κ2) is 8.05. The van der Waals surface area contributed by atoms with Gasteiger partial charge in [-0.25, -0.2) is 15.0 Å². The summed E-state index contributed by atoms with van der Waals surface area (Å²) in [6.45, 7) is 10.3. The predicted molar refractivity (Wildman–Crippen MR) is 130 cm³/mol. The number of aromatic nitrogens is 5. The molecule has 1 aliphatic rings. The molecule has 6 heteroatoms. The van der Waals surface area contributed by atoms with Crippen molar-refractivity contribution in [1.82, 2.24) is 24.9 Å². The predicted octanol–water partition coefficient (Wildman–Crippen LogP) is 5.28. The average Bonchev–Trinajstić information content (AvgIpc) is 3.58. The van der Waals surface area contributed by atoms with Gasteiger partial charge in [0.15, 0.2) is 11.4 Å². The van der Waals surface area contributed by atoms with E-state index in [2.05, 4.69) is 46.4 Å². The molecule has 0 spiro atoms. The van der Waals surface area contributed by atoms with E-state index in [0.717, 1.165) is 46.5 Å². The van der Waals surface area contributed by atoms with Crippen molar-refractivity contribution in [2.45, 2.75) is 45.1 Å². The molecule has 1 saturated carbocycles. The molecule has 6 nitrogen and oxygen atoms in total. The van der Waals surface area contributed by atoms with Crippen LogP contribution < -0.4 is 0 Å². The number of hydrogen-bond donors (Lipinski definition) is 2. The number of aliphatic hydroxyl groups is 1. The van der Waals surface area contributed by atoms with Crippen LogP contribution in [0.25, 0.3) is 16.6 Å². The Kier molecular flexibility index (Phi) is 5.17. The first kappa shape index (κ1) is 21.2. The first-order chi connectivity index (χ1) is 15.9. The normalized spacial score (nSPS) is 15.3. The van der Waals surface area contributed by atoms with Crippen molar-refractivity contribution >= 4 is 16.6 Å². The summed E-state index contributed by atoms with van der Waals surface area (Å²) < 4.78 is 0. The summed E-state index contributed by atoms with van der Waals surface area (Å²) in [5, 5.41) is 12.4. The summed E-state index contributed by atoms with van der Waals surface area (Å²) in [6.07, 6.45) is 7.18. The number of rotatable bonds is 6. The molecule has 0 aliphatic heterocycles. The van der Waals surface area contributed by atoms with E-state index in [0.29, 0.717) is 22.7 Å². The SMILES string of the molecule is C=C(C)C(=C(C)C)c1cc(C(O)(c2ccccn2)c2ncccn2)c2nc(C3CC3)[nH]c2c1. The summed E-state index contributed by atoms with van der Waals surface area (Å²) in [5.74, 6) is 1.65. The van der Waals surface area contributed by atoms with E-state index in [1.807, 2.05) is 25.1 Å². The van der Waals surface area contributed by atoms with E-state index >= 15 is 0 Å². The number of H-pyrrole nitrogens is 1. The van der Waals surface area contributed by atoms with E-state index in [1.165, 1.54) is 0 Å². The van der Waals surface area contributed by atoms with Crippen LogP contribution in [0.5, 0.6) is 0 Å². The quantitative estimate of drug-likeness (QED) is 0.401. The van der Waals surface area contributed by atoms with Gasteiger partial charge in [0, 0.05) is 30.1 Å². The Hall–Kier alpha value is -3.64. The first-order valence-electron chi connectivity index (χ1n) is 11.2. The van der Waals surface area contributed by atoms with Crippen molar-refractivity contribution in [2.24, 2.45) is 0 Å². The van der Waals surface area contributed by atoms with Crippen molar-refractivity contribution in [3.63, 3.8) is 0 Å². The van der Waals surface area contributed by atoms with Gasteiger partial charge >= 0.3 is 0 Å². The summed E-state index contributed by atoms with van der Waals surface area (Å²) >= 11 is 0. The first-order valence-corrected chi connectivity index (χ1v) is 11.2. The zero-order valence-electron chi connectivity index (χ0n) is 19.1. The molecule has 166 valence electrons. The molecule has 2 N–H and O–H groups in total. The van der Waals surface area contributed by atoms with E-state index in [9.17, 15) is 5.11 Å². The van der Waals surface area contributed by atoms with Gasteiger partial charge in [-0.3, -0.25) is 4.98 Å². The van der Waals surface area contributed by atoms with E-state index < -0.39 is 5.60 Å². The lowest BCUT2D eigenvalue weighted by Gasteiger charge is -2.27. The smallest absolute Gasteiger partial charge is 0.194 e. The molecule has 4 aromatic rings. The van der Waals surface area contributed by atoms with Gasteiger partial charge < -0.3 is 10.1 Å². The van der Waals surface area contributed by atoms with Crippen molar-refractivity contribution in [2.75, 3.05) is 0 Å². The van der Waals surface area contributed by atoms with Gasteiger partial charge in [-0.05, 0) is 75.1 Å². The zero-order chi connectivity index (χ0) is 23.2. The number of imidazole rings is 1. The van der Waals surface area contributed by atoms with Crippen molar-refractivity contribution in [1.29, 1.82) is 0 Å². The fourth-order valence-corrected chi connectivity index (χ4v) is 4.50. The summed E-state index contributed by atoms with van der Waals surface area (Å²) in [7, 11) is 0. The van der Waals surface area contributed by atoms with Gasteiger partial charge in [-0.15, -0.1) is 0 Å². The lowest BCUT2D eigenvalue weighted by Crippen LogP contribution is -2.32. The topological polar surface area (TPSA) is 87.6 Å². The monoisotopic (exact) mass is 437 g/mol. The number of nitrogens with one attached hydrogen (secondary N) is 1. The highest BCUT2D eigenvalue weighted by Crippen LogP contribution is 2.43. The van der Waals surface area contributed by atoms with Crippen LogP contribution in [-0.2, 0) is 5.60 Å². The molecule has 1 aliphatic carbocycles. The number of pyridine rings is 1. The molecule has 0 radical (unpaired) electrons. The Morgan fingerprint density at radius 3 is 2.36 bits per heavy atom. The number of allylic oxidation sites excluding steroid dienone is 3. The second-order valence-electron chi connectivity index (χ2n) is 8.97. The Balaban J connectivity index is 1.87. The lowest BCUT2D eigenvalue weighted by atomic mass is 9.84. The molecule has 1 aromatic carbocycles. The maximum Gasteiger partial charge on any atom is 0.194 e. The molecule has 5 rings (SSSR count). The van der Waals surface area contributed by atoms with Crippen LogP contribution in [-0.4, -0.2) is 30.0 Å². The maximum absolute atomic E-state index is 12.4. The third-order valence-corrected chi connectivity index (χ3v) is 6.10. The van der Waals surface area contributed by atoms with Gasteiger partial charge in [0.1, 0.15) is 5.82 Å². The van der Waals surface area contributed by atoms with Crippen LogP contribution in [0.3, 0.4) is 0 Å². The molecule has 3 aromatic heterocycles. The van der Waals surface area contributed by atoms with Crippen LogP contribution in [0.1, 0.15) is 68.0 Å². The molecule has 3 heterocycles. The van der Waals surface area contributed by atoms with E-state index in [-0.39, 0.29) is 5.82 Å². The van der Waals surface area contributed by atoms with Crippen LogP contribution >= 0.6 is 0 Å². The Morgan fingerprint density at radius 1 is 1.03 bits per heavy atom. The molecule has 33 heavy (non-hydrogen) atoms. The molecule has 1 atom stereocenters. The van der Waals surface area contributed by atoms with E-state index in [1.54, 1.807) is 30.7 Å². The van der Waals surface area contributed by atoms with Gasteiger partial charge in [0.25, 0.3) is 0 Å². The Labute approximate surface area is 193 Å². The highest BCUT2D eigenvalue weighted by molar-refractivity contribution is 5.89. The lowest BCUT2D eigenvalue weighted by molar-refractivity contribution is 0.112. The standard InChI is InChI=1S/C27H27N5O/c1-16(2)23(17(3)4)19-14-20(24-21(15-19)31-25(32-24)18-9-10-18)27(33,22-8-5-6-11-28-22)26-29-12-7-13-30-26/h5-8,11-15,18,33H,1,9-10H2,2-4H3,(H,31,32). The number of fused-ring (bicyclic) bond motifs is 1. The third-order valence-electron chi connectivity index (χ3n) is 6.10. The molecule has 0 amide bonds. The minimum atomic E-state index is -1.69. The Bertz CT molecular complexity index is 1320. The number of aromatic amines is 1. The molecule has 1 fully saturated rings. The zero-order valence-corrected chi connectivity index (χ0v) is 19.1. The van der Waals surface area contributed by atoms with Crippen LogP contribution in [0, 0.1) is 0 Å². The summed E-state index contributed by atoms with van der Waals surface area (Å²) in [6, 6.07) is 11.3. The minimum Gasteiger partial charge on any atom is -0.372 e. The number of nitrogens with zero attached hydrogens (tertiary/aromatic N) is 4. The van der Waals surface area contributed by atoms with Crippen LogP contribution in [0.4, 0.5) is 0 Å².